The molecule has 2 N–H and O–H groups in total. The lowest BCUT2D eigenvalue weighted by Gasteiger charge is -2.37. The third kappa shape index (κ3) is 11.4. The number of benzene rings is 1. The minimum absolute atomic E-state index is 0.0195. The second kappa shape index (κ2) is 19.3. The molecule has 2 aromatic rings. The van der Waals surface area contributed by atoms with Crippen LogP contribution >= 0.6 is 11.3 Å². The summed E-state index contributed by atoms with van der Waals surface area (Å²) in [6.07, 6.45) is 4.83. The van der Waals surface area contributed by atoms with E-state index in [1.165, 1.54) is 11.3 Å². The number of thiazole rings is 1. The van der Waals surface area contributed by atoms with Crippen LogP contribution in [0.1, 0.15) is 107 Å². The molecule has 1 saturated heterocycles. The second-order valence-electron chi connectivity index (χ2n) is 14.3. The standard InChI is InChI=1S/C38H58N4O6S/c1-9-25(4)29(21-33(43)31-17-13-14-18-41(31)6)37(45)42(7)32(24(2)3)22-34(48-8)36-40-30(23-49-36)35(44)39-28(19-26(5)38(46)47)20-27-15-11-10-12-16-27/h10-12,15-16,23-26,28-29,31-32,34H,9,13-14,17-22H2,1-8H3,(H,39,44)(H,46,47)/t25-,26-,28+,29-,31+,32+,34+/m0/s1. The van der Waals surface area contributed by atoms with Gasteiger partial charge in [-0.25, -0.2) is 4.98 Å². The zero-order valence-corrected chi connectivity index (χ0v) is 31.5. The Balaban J connectivity index is 1.74. The van der Waals surface area contributed by atoms with E-state index in [0.29, 0.717) is 17.8 Å². The molecule has 3 rings (SSSR count). The van der Waals surface area contributed by atoms with Crippen molar-refractivity contribution in [1.29, 1.82) is 0 Å². The monoisotopic (exact) mass is 698 g/mol. The summed E-state index contributed by atoms with van der Waals surface area (Å²) < 4.78 is 5.92. The van der Waals surface area contributed by atoms with Gasteiger partial charge in [0.1, 0.15) is 16.8 Å². The highest BCUT2D eigenvalue weighted by Gasteiger charge is 2.37. The van der Waals surface area contributed by atoms with Crippen molar-refractivity contribution >= 4 is 34.9 Å². The van der Waals surface area contributed by atoms with Crippen LogP contribution in [0.25, 0.3) is 0 Å². The Morgan fingerprint density at radius 2 is 1.80 bits per heavy atom. The summed E-state index contributed by atoms with van der Waals surface area (Å²) in [6.45, 7) is 10.8. The van der Waals surface area contributed by atoms with Crippen LogP contribution in [0.4, 0.5) is 0 Å². The zero-order valence-electron chi connectivity index (χ0n) is 30.7. The molecule has 11 heteroatoms. The van der Waals surface area contributed by atoms with Crippen LogP contribution in [0.5, 0.6) is 0 Å². The average Bonchev–Trinajstić information content (AvgIpc) is 3.57. The summed E-state index contributed by atoms with van der Waals surface area (Å²) in [5.41, 5.74) is 1.25. The van der Waals surface area contributed by atoms with E-state index < -0.39 is 30.0 Å². The number of carbonyl (C=O) groups is 4. The van der Waals surface area contributed by atoms with E-state index >= 15 is 0 Å². The van der Waals surface area contributed by atoms with E-state index in [4.69, 9.17) is 4.74 Å². The first kappa shape index (κ1) is 40.3. The lowest BCUT2D eigenvalue weighted by Crippen LogP contribution is -2.48. The Labute approximate surface area is 297 Å². The molecule has 49 heavy (non-hydrogen) atoms. The normalized spacial score (nSPS) is 19.0. The van der Waals surface area contributed by atoms with Crippen molar-refractivity contribution in [1.82, 2.24) is 20.1 Å². The molecule has 272 valence electrons. The van der Waals surface area contributed by atoms with Crippen LogP contribution < -0.4 is 5.32 Å². The predicted molar refractivity (Wildman–Crippen MR) is 194 cm³/mol. The van der Waals surface area contributed by atoms with Gasteiger partial charge in [-0.05, 0) is 56.7 Å². The van der Waals surface area contributed by atoms with Crippen molar-refractivity contribution < 1.29 is 29.0 Å². The molecule has 10 nitrogen and oxygen atoms in total. The number of hydrogen-bond acceptors (Lipinski definition) is 8. The number of amides is 2. The summed E-state index contributed by atoms with van der Waals surface area (Å²) in [5, 5.41) is 14.9. The molecule has 1 aromatic carbocycles. The van der Waals surface area contributed by atoms with Gasteiger partial charge in [-0.15, -0.1) is 11.3 Å². The van der Waals surface area contributed by atoms with E-state index in [0.717, 1.165) is 37.8 Å². The lowest BCUT2D eigenvalue weighted by molar-refractivity contribution is -0.143. The van der Waals surface area contributed by atoms with Crippen molar-refractivity contribution in [2.45, 2.75) is 110 Å². The number of carbonyl (C=O) groups excluding carboxylic acids is 3. The second-order valence-corrected chi connectivity index (χ2v) is 15.2. The number of aliphatic carboxylic acids is 1. The minimum Gasteiger partial charge on any atom is -0.481 e. The van der Waals surface area contributed by atoms with Crippen molar-refractivity contribution in [2.24, 2.45) is 23.7 Å². The molecule has 0 aliphatic carbocycles. The maximum Gasteiger partial charge on any atom is 0.306 e. The maximum atomic E-state index is 14.2. The Morgan fingerprint density at radius 1 is 1.10 bits per heavy atom. The molecule has 0 spiro atoms. The molecule has 0 unspecified atom stereocenters. The Morgan fingerprint density at radius 3 is 2.39 bits per heavy atom. The molecule has 7 atom stereocenters. The number of piperidine rings is 1. The van der Waals surface area contributed by atoms with Crippen LogP contribution in [-0.4, -0.2) is 89.3 Å². The molecule has 0 bridgehead atoms. The van der Waals surface area contributed by atoms with Gasteiger partial charge in [0.25, 0.3) is 5.91 Å². The molecule has 0 radical (unpaired) electrons. The van der Waals surface area contributed by atoms with Crippen LogP contribution in [0, 0.1) is 23.7 Å². The molecule has 1 aromatic heterocycles. The number of methoxy groups -OCH3 is 1. The first-order valence-electron chi connectivity index (χ1n) is 17.8. The number of Topliss-reactive ketones (excluding diaryl/α,β-unsaturated/α-hetero) is 1. The summed E-state index contributed by atoms with van der Waals surface area (Å²) in [5.74, 6) is -2.01. The van der Waals surface area contributed by atoms with Crippen LogP contribution in [0.15, 0.2) is 35.7 Å². The molecule has 1 aliphatic rings. The molecule has 2 amide bonds. The smallest absolute Gasteiger partial charge is 0.306 e. The first-order valence-corrected chi connectivity index (χ1v) is 18.7. The Kier molecular flexibility index (Phi) is 15.9. The minimum atomic E-state index is -0.909. The highest BCUT2D eigenvalue weighted by Crippen LogP contribution is 2.32. The molecular formula is C38H58N4O6S. The van der Waals surface area contributed by atoms with Gasteiger partial charge < -0.3 is 20.1 Å². The Hall–Kier alpha value is -3.15. The number of hydrogen-bond donors (Lipinski definition) is 2. The fourth-order valence-electron chi connectivity index (χ4n) is 6.89. The van der Waals surface area contributed by atoms with Gasteiger partial charge in [-0.2, -0.15) is 0 Å². The van der Waals surface area contributed by atoms with E-state index in [1.807, 2.05) is 49.3 Å². The van der Waals surface area contributed by atoms with Crippen molar-refractivity contribution in [3.8, 4) is 0 Å². The number of aromatic nitrogens is 1. The molecule has 1 aliphatic heterocycles. The third-order valence-electron chi connectivity index (χ3n) is 10.3. The Bertz CT molecular complexity index is 1370. The number of carboxylic acid groups (broad SMARTS) is 1. The number of nitrogens with zero attached hydrogens (tertiary/aromatic N) is 3. The topological polar surface area (TPSA) is 129 Å². The predicted octanol–water partition coefficient (Wildman–Crippen LogP) is 6.26. The molecule has 2 heterocycles. The van der Waals surface area contributed by atoms with Crippen LogP contribution in [-0.2, 0) is 25.5 Å². The van der Waals surface area contributed by atoms with Gasteiger partial charge in [0.2, 0.25) is 5.91 Å². The van der Waals surface area contributed by atoms with Gasteiger partial charge >= 0.3 is 5.97 Å². The summed E-state index contributed by atoms with van der Waals surface area (Å²) in [7, 11) is 5.44. The van der Waals surface area contributed by atoms with Crippen LogP contribution in [0.3, 0.4) is 0 Å². The zero-order chi connectivity index (χ0) is 36.2. The number of rotatable bonds is 19. The highest BCUT2D eigenvalue weighted by molar-refractivity contribution is 7.09. The van der Waals surface area contributed by atoms with Gasteiger partial charge in [-0.1, -0.05) is 77.8 Å². The molecule has 0 saturated carbocycles. The number of nitrogens with one attached hydrogen (secondary N) is 1. The third-order valence-corrected chi connectivity index (χ3v) is 11.3. The van der Waals surface area contributed by atoms with E-state index in [9.17, 15) is 24.3 Å². The summed E-state index contributed by atoms with van der Waals surface area (Å²) >= 11 is 1.33. The first-order chi connectivity index (χ1) is 23.3. The number of likely N-dealkylation sites (N-methyl/N-ethyl adjacent to an activating group) is 1. The summed E-state index contributed by atoms with van der Waals surface area (Å²) in [4.78, 5) is 61.3. The van der Waals surface area contributed by atoms with Crippen molar-refractivity contribution in [3.63, 3.8) is 0 Å². The van der Waals surface area contributed by atoms with Crippen molar-refractivity contribution in [3.05, 3.63) is 52.0 Å². The fraction of sp³-hybridized carbons (Fsp3) is 0.658. The highest BCUT2D eigenvalue weighted by atomic mass is 32.1. The number of ether oxygens (including phenoxy) is 1. The molecule has 1 fully saturated rings. The maximum absolute atomic E-state index is 14.2. The number of likely N-dealkylation sites (tertiary alicyclic amines) is 1. The summed E-state index contributed by atoms with van der Waals surface area (Å²) in [6, 6.07) is 8.97. The van der Waals surface area contributed by atoms with Gasteiger partial charge in [0.05, 0.1) is 12.0 Å². The SMILES string of the molecule is CC[C@H](C)[C@H](CC(=O)[C@H]1CCCCN1C)C(=O)N(C)[C@H](C[C@@H](OC)c1nc(C(=O)N[C@@H](Cc2ccccc2)C[C@H](C)C(=O)O)cs1)C(C)C. The van der Waals surface area contributed by atoms with Gasteiger partial charge in [0, 0.05) is 50.4 Å². The van der Waals surface area contributed by atoms with E-state index in [2.05, 4.69) is 42.9 Å². The van der Waals surface area contributed by atoms with E-state index in [-0.39, 0.29) is 60.1 Å². The fourth-order valence-corrected chi connectivity index (χ4v) is 7.78. The van der Waals surface area contributed by atoms with Gasteiger partial charge in [-0.3, -0.25) is 24.1 Å². The largest absolute Gasteiger partial charge is 0.481 e. The van der Waals surface area contributed by atoms with Crippen LogP contribution in [0.2, 0.25) is 0 Å². The number of carboxylic acids is 1. The lowest BCUT2D eigenvalue weighted by atomic mass is 9.83. The molecular weight excluding hydrogens is 641 g/mol. The quantitative estimate of drug-likeness (QED) is 0.176. The number of ketones is 1. The average molecular weight is 699 g/mol. The van der Waals surface area contributed by atoms with Crippen molar-refractivity contribution in [2.75, 3.05) is 27.7 Å². The van der Waals surface area contributed by atoms with Gasteiger partial charge in [0.15, 0.2) is 5.78 Å². The van der Waals surface area contributed by atoms with E-state index in [1.54, 1.807) is 19.4 Å².